The van der Waals surface area contributed by atoms with E-state index in [9.17, 15) is 5.11 Å². The lowest BCUT2D eigenvalue weighted by atomic mass is 9.77. The van der Waals surface area contributed by atoms with Crippen LogP contribution in [0.25, 0.3) is 0 Å². The van der Waals surface area contributed by atoms with Gasteiger partial charge >= 0.3 is 0 Å². The second kappa shape index (κ2) is 5.28. The van der Waals surface area contributed by atoms with Crippen molar-refractivity contribution in [3.05, 3.63) is 10.6 Å². The van der Waals surface area contributed by atoms with Gasteiger partial charge in [-0.1, -0.05) is 32.1 Å². The number of fused-ring (bicyclic) bond motifs is 1. The van der Waals surface area contributed by atoms with Crippen molar-refractivity contribution in [2.75, 3.05) is 37.6 Å². The van der Waals surface area contributed by atoms with Crippen LogP contribution in [0.3, 0.4) is 0 Å². The van der Waals surface area contributed by atoms with Crippen molar-refractivity contribution in [2.45, 2.75) is 39.7 Å². The Morgan fingerprint density at radius 2 is 2.00 bits per heavy atom. The summed E-state index contributed by atoms with van der Waals surface area (Å²) in [6.45, 7) is 12.1. The maximum atomic E-state index is 10.3. The zero-order valence-corrected chi connectivity index (χ0v) is 13.5. The molecule has 0 spiro atoms. The van der Waals surface area contributed by atoms with Crippen molar-refractivity contribution >= 4 is 16.5 Å². The smallest absolute Gasteiger partial charge is 0.185 e. The van der Waals surface area contributed by atoms with Crippen LogP contribution in [-0.4, -0.2) is 47.7 Å². The van der Waals surface area contributed by atoms with E-state index in [0.29, 0.717) is 0 Å². The van der Waals surface area contributed by atoms with Crippen LogP contribution in [0.5, 0.6) is 0 Å². The van der Waals surface area contributed by atoms with Crippen molar-refractivity contribution in [3.8, 4) is 0 Å². The average molecular weight is 295 g/mol. The summed E-state index contributed by atoms with van der Waals surface area (Å²) in [5, 5.41) is 11.4. The van der Waals surface area contributed by atoms with Crippen LogP contribution in [0.4, 0.5) is 5.13 Å². The van der Waals surface area contributed by atoms with Gasteiger partial charge in [0.25, 0.3) is 0 Å². The minimum atomic E-state index is -0.322. The summed E-state index contributed by atoms with van der Waals surface area (Å²) in [7, 11) is 0. The lowest BCUT2D eigenvalue weighted by Crippen LogP contribution is -2.46. The number of nitrogens with zero attached hydrogens (tertiary/aromatic N) is 3. The van der Waals surface area contributed by atoms with Crippen molar-refractivity contribution < 1.29 is 5.11 Å². The maximum absolute atomic E-state index is 10.3. The van der Waals surface area contributed by atoms with Crippen LogP contribution in [-0.2, 0) is 6.42 Å². The van der Waals surface area contributed by atoms with Gasteiger partial charge in [0, 0.05) is 26.2 Å². The molecule has 0 amide bonds. The molecule has 2 aliphatic rings. The number of hydrogen-bond acceptors (Lipinski definition) is 5. The number of anilines is 1. The Morgan fingerprint density at radius 3 is 2.65 bits per heavy atom. The average Bonchev–Trinajstić information content (AvgIpc) is 2.81. The van der Waals surface area contributed by atoms with Crippen molar-refractivity contribution in [3.63, 3.8) is 0 Å². The fraction of sp³-hybridized carbons (Fsp3) is 0.800. The first-order chi connectivity index (χ1) is 9.48. The number of rotatable bonds is 2. The highest BCUT2D eigenvalue weighted by atomic mass is 32.1. The third kappa shape index (κ3) is 2.71. The second-order valence-corrected chi connectivity index (χ2v) is 7.80. The molecule has 1 atom stereocenters. The predicted molar refractivity (Wildman–Crippen MR) is 83.5 cm³/mol. The van der Waals surface area contributed by atoms with Crippen LogP contribution in [0.15, 0.2) is 0 Å². The van der Waals surface area contributed by atoms with Gasteiger partial charge in [0.1, 0.15) is 0 Å². The van der Waals surface area contributed by atoms with Gasteiger partial charge in [0.2, 0.25) is 0 Å². The fourth-order valence-electron chi connectivity index (χ4n) is 3.27. The normalized spacial score (nSPS) is 26.6. The monoisotopic (exact) mass is 295 g/mol. The van der Waals surface area contributed by atoms with E-state index in [1.165, 1.54) is 0 Å². The molecule has 0 bridgehead atoms. The van der Waals surface area contributed by atoms with E-state index in [-0.39, 0.29) is 11.5 Å². The first-order valence-corrected chi connectivity index (χ1v) is 8.45. The SMILES string of the molecule is CCN1CCN(c2nc3c(s2)C(O)CC(C)(C)C3)CC1. The Morgan fingerprint density at radius 1 is 1.30 bits per heavy atom. The number of hydrogen-bond donors (Lipinski definition) is 1. The van der Waals surface area contributed by atoms with E-state index in [1.54, 1.807) is 11.3 Å². The summed E-state index contributed by atoms with van der Waals surface area (Å²) in [5.74, 6) is 0. The predicted octanol–water partition coefficient (Wildman–Crippen LogP) is 2.29. The maximum Gasteiger partial charge on any atom is 0.185 e. The highest BCUT2D eigenvalue weighted by Gasteiger charge is 2.35. The number of aliphatic hydroxyl groups is 1. The number of likely N-dealkylation sites (N-methyl/N-ethyl adjacent to an activating group) is 1. The quantitative estimate of drug-likeness (QED) is 0.909. The first kappa shape index (κ1) is 14.3. The zero-order chi connectivity index (χ0) is 14.3. The van der Waals surface area contributed by atoms with Crippen molar-refractivity contribution in [1.82, 2.24) is 9.88 Å². The summed E-state index contributed by atoms with van der Waals surface area (Å²) in [6.07, 6.45) is 1.52. The summed E-state index contributed by atoms with van der Waals surface area (Å²) < 4.78 is 0. The molecule has 3 rings (SSSR count). The topological polar surface area (TPSA) is 39.6 Å². The molecule has 1 fully saturated rings. The van der Waals surface area contributed by atoms with E-state index in [2.05, 4.69) is 30.6 Å². The molecule has 1 aliphatic heterocycles. The molecule has 1 aromatic rings. The summed E-state index contributed by atoms with van der Waals surface area (Å²) in [4.78, 5) is 10.8. The molecule has 4 nitrogen and oxygen atoms in total. The van der Waals surface area contributed by atoms with Gasteiger partial charge in [-0.2, -0.15) is 0 Å². The number of thiazole rings is 1. The van der Waals surface area contributed by atoms with Gasteiger partial charge in [-0.15, -0.1) is 0 Å². The van der Waals surface area contributed by atoms with Gasteiger partial charge in [0.15, 0.2) is 5.13 Å². The van der Waals surface area contributed by atoms with Crippen LogP contribution in [0.1, 0.15) is 43.9 Å². The van der Waals surface area contributed by atoms with Gasteiger partial charge in [0.05, 0.1) is 16.7 Å². The van der Waals surface area contributed by atoms with Gasteiger partial charge in [-0.25, -0.2) is 4.98 Å². The van der Waals surface area contributed by atoms with E-state index in [0.717, 1.165) is 61.3 Å². The van der Waals surface area contributed by atoms with Gasteiger partial charge < -0.3 is 14.9 Å². The van der Waals surface area contributed by atoms with E-state index < -0.39 is 0 Å². The Labute approximate surface area is 125 Å². The molecule has 5 heteroatoms. The lowest BCUT2D eigenvalue weighted by molar-refractivity contribution is 0.102. The molecule has 112 valence electrons. The molecule has 1 saturated heterocycles. The number of aliphatic hydroxyl groups excluding tert-OH is 1. The van der Waals surface area contributed by atoms with Crippen LogP contribution in [0, 0.1) is 5.41 Å². The van der Waals surface area contributed by atoms with Crippen LogP contribution < -0.4 is 4.90 Å². The molecular formula is C15H25N3OS. The Kier molecular flexibility index (Phi) is 3.77. The minimum absolute atomic E-state index is 0.165. The standard InChI is InChI=1S/C15H25N3OS/c1-4-17-5-7-18(8-6-17)14-16-11-9-15(2,3)10-12(19)13(11)20-14/h12,19H,4-10H2,1-3H3. The molecule has 2 heterocycles. The van der Waals surface area contributed by atoms with E-state index in [4.69, 9.17) is 4.98 Å². The van der Waals surface area contributed by atoms with Gasteiger partial charge in [-0.3, -0.25) is 0 Å². The van der Waals surface area contributed by atoms with E-state index in [1.807, 2.05) is 0 Å². The molecule has 1 unspecified atom stereocenters. The largest absolute Gasteiger partial charge is 0.387 e. The molecule has 0 saturated carbocycles. The summed E-state index contributed by atoms with van der Waals surface area (Å²) in [6, 6.07) is 0. The molecule has 1 N–H and O–H groups in total. The Hall–Kier alpha value is -0.650. The molecular weight excluding hydrogens is 270 g/mol. The zero-order valence-electron chi connectivity index (χ0n) is 12.7. The molecule has 0 aromatic carbocycles. The molecule has 1 aromatic heterocycles. The third-order valence-corrected chi connectivity index (χ3v) is 5.76. The van der Waals surface area contributed by atoms with Crippen LogP contribution in [0.2, 0.25) is 0 Å². The fourth-order valence-corrected chi connectivity index (χ4v) is 4.39. The highest BCUT2D eigenvalue weighted by Crippen LogP contribution is 2.44. The van der Waals surface area contributed by atoms with Crippen molar-refractivity contribution in [1.29, 1.82) is 0 Å². The number of piperazine rings is 1. The third-order valence-electron chi connectivity index (χ3n) is 4.50. The summed E-state index contributed by atoms with van der Waals surface area (Å²) in [5.41, 5.74) is 1.30. The second-order valence-electron chi connectivity index (χ2n) is 6.79. The summed E-state index contributed by atoms with van der Waals surface area (Å²) >= 11 is 1.71. The Bertz CT molecular complexity index is 477. The van der Waals surface area contributed by atoms with E-state index >= 15 is 0 Å². The highest BCUT2D eigenvalue weighted by molar-refractivity contribution is 7.15. The molecule has 1 aliphatic carbocycles. The first-order valence-electron chi connectivity index (χ1n) is 7.63. The lowest BCUT2D eigenvalue weighted by Gasteiger charge is -2.33. The van der Waals surface area contributed by atoms with Crippen LogP contribution >= 0.6 is 11.3 Å². The minimum Gasteiger partial charge on any atom is -0.387 e. The Balaban J connectivity index is 1.77. The van der Waals surface area contributed by atoms with Crippen molar-refractivity contribution in [2.24, 2.45) is 5.41 Å². The molecule has 20 heavy (non-hydrogen) atoms. The van der Waals surface area contributed by atoms with Gasteiger partial charge in [-0.05, 0) is 24.8 Å². The number of aromatic nitrogens is 1. The molecule has 0 radical (unpaired) electrons.